The summed E-state index contributed by atoms with van der Waals surface area (Å²) in [6.45, 7) is 0. The quantitative estimate of drug-likeness (QED) is 0.581. The third kappa shape index (κ3) is 1.20. The molecule has 0 aromatic carbocycles. The Morgan fingerprint density at radius 1 is 1.71 bits per heavy atom. The molecule has 76 valence electrons. The number of hydrogen-bond donors (Lipinski definition) is 0. The van der Waals surface area contributed by atoms with Gasteiger partial charge in [0.2, 0.25) is 0 Å². The van der Waals surface area contributed by atoms with Gasteiger partial charge in [0, 0.05) is 6.42 Å². The van der Waals surface area contributed by atoms with Crippen molar-refractivity contribution in [3.05, 3.63) is 11.9 Å². The summed E-state index contributed by atoms with van der Waals surface area (Å²) in [7, 11) is 1.22. The van der Waals surface area contributed by atoms with Crippen molar-refractivity contribution in [2.45, 2.75) is 12.5 Å². The SMILES string of the molecule is COC(=O)[C@H]1C[C@@H]2C=C(F)[C@H]1C(=O)O2. The topological polar surface area (TPSA) is 52.6 Å². The second-order valence-electron chi connectivity index (χ2n) is 3.37. The van der Waals surface area contributed by atoms with Crippen molar-refractivity contribution in [2.75, 3.05) is 7.11 Å². The van der Waals surface area contributed by atoms with Crippen LogP contribution in [0.3, 0.4) is 0 Å². The zero-order valence-corrected chi connectivity index (χ0v) is 7.53. The Kier molecular flexibility index (Phi) is 2.02. The fourth-order valence-corrected chi connectivity index (χ4v) is 1.89. The highest BCUT2D eigenvalue weighted by Crippen LogP contribution is 2.39. The average molecular weight is 200 g/mol. The molecule has 1 fully saturated rings. The molecular formula is C9H9FO4. The van der Waals surface area contributed by atoms with E-state index in [0.717, 1.165) is 0 Å². The molecule has 0 aromatic heterocycles. The molecule has 0 amide bonds. The molecule has 2 bridgehead atoms. The summed E-state index contributed by atoms with van der Waals surface area (Å²) >= 11 is 0. The van der Waals surface area contributed by atoms with Crippen LogP contribution in [-0.4, -0.2) is 25.2 Å². The van der Waals surface area contributed by atoms with Crippen LogP contribution in [0.2, 0.25) is 0 Å². The largest absolute Gasteiger partial charge is 0.469 e. The lowest BCUT2D eigenvalue weighted by Gasteiger charge is -2.35. The van der Waals surface area contributed by atoms with Crippen LogP contribution in [0.4, 0.5) is 4.39 Å². The highest BCUT2D eigenvalue weighted by atomic mass is 19.1. The van der Waals surface area contributed by atoms with Crippen molar-refractivity contribution in [1.82, 2.24) is 0 Å². The first-order chi connectivity index (χ1) is 6.63. The Labute approximate surface area is 79.7 Å². The van der Waals surface area contributed by atoms with Crippen molar-refractivity contribution in [3.63, 3.8) is 0 Å². The number of fused-ring (bicyclic) bond motifs is 2. The lowest BCUT2D eigenvalue weighted by Crippen LogP contribution is -2.45. The molecule has 0 aromatic rings. The smallest absolute Gasteiger partial charge is 0.317 e. The third-order valence-corrected chi connectivity index (χ3v) is 2.56. The molecule has 4 nitrogen and oxygen atoms in total. The molecular weight excluding hydrogens is 191 g/mol. The Morgan fingerprint density at radius 3 is 2.93 bits per heavy atom. The van der Waals surface area contributed by atoms with Crippen molar-refractivity contribution in [1.29, 1.82) is 0 Å². The van der Waals surface area contributed by atoms with E-state index in [2.05, 4.69) is 4.74 Å². The van der Waals surface area contributed by atoms with Gasteiger partial charge in [-0.05, 0) is 6.08 Å². The molecule has 0 N–H and O–H groups in total. The molecule has 1 aliphatic carbocycles. The minimum absolute atomic E-state index is 0.316. The van der Waals surface area contributed by atoms with E-state index >= 15 is 0 Å². The molecule has 2 heterocycles. The lowest BCUT2D eigenvalue weighted by molar-refractivity contribution is -0.172. The van der Waals surface area contributed by atoms with Gasteiger partial charge < -0.3 is 9.47 Å². The maximum Gasteiger partial charge on any atom is 0.317 e. The highest BCUT2D eigenvalue weighted by Gasteiger charge is 2.48. The number of esters is 2. The van der Waals surface area contributed by atoms with E-state index in [4.69, 9.17) is 4.74 Å². The minimum Gasteiger partial charge on any atom is -0.469 e. The Morgan fingerprint density at radius 2 is 2.43 bits per heavy atom. The summed E-state index contributed by atoms with van der Waals surface area (Å²) in [5.74, 6) is -3.62. The first-order valence-electron chi connectivity index (χ1n) is 4.29. The van der Waals surface area contributed by atoms with Crippen LogP contribution in [-0.2, 0) is 19.1 Å². The van der Waals surface area contributed by atoms with E-state index in [1.54, 1.807) is 0 Å². The number of ether oxygens (including phenoxy) is 2. The van der Waals surface area contributed by atoms with Gasteiger partial charge >= 0.3 is 11.9 Å². The molecule has 0 saturated carbocycles. The molecule has 14 heavy (non-hydrogen) atoms. The molecule has 1 saturated heterocycles. The van der Waals surface area contributed by atoms with Crippen molar-refractivity contribution in [2.24, 2.45) is 11.8 Å². The monoisotopic (exact) mass is 200 g/mol. The first-order valence-corrected chi connectivity index (χ1v) is 4.29. The summed E-state index contributed by atoms with van der Waals surface area (Å²) in [6, 6.07) is 0. The van der Waals surface area contributed by atoms with E-state index < -0.39 is 35.7 Å². The van der Waals surface area contributed by atoms with E-state index in [0.29, 0.717) is 6.42 Å². The van der Waals surface area contributed by atoms with Crippen LogP contribution in [0.1, 0.15) is 6.42 Å². The van der Waals surface area contributed by atoms with Crippen LogP contribution in [0, 0.1) is 11.8 Å². The lowest BCUT2D eigenvalue weighted by atomic mass is 9.79. The van der Waals surface area contributed by atoms with Gasteiger partial charge in [0.15, 0.2) is 0 Å². The zero-order chi connectivity index (χ0) is 10.3. The molecule has 0 spiro atoms. The fourth-order valence-electron chi connectivity index (χ4n) is 1.89. The second-order valence-corrected chi connectivity index (χ2v) is 3.37. The number of carbonyl (C=O) groups is 2. The van der Waals surface area contributed by atoms with Crippen LogP contribution >= 0.6 is 0 Å². The summed E-state index contributed by atoms with van der Waals surface area (Å²) in [5, 5.41) is 0. The number of methoxy groups -OCH3 is 1. The van der Waals surface area contributed by atoms with E-state index in [1.165, 1.54) is 13.2 Å². The Bertz CT molecular complexity index is 323. The van der Waals surface area contributed by atoms with Crippen molar-refractivity contribution in [3.8, 4) is 0 Å². The number of carbonyl (C=O) groups excluding carboxylic acids is 2. The van der Waals surface area contributed by atoms with Crippen LogP contribution in [0.15, 0.2) is 11.9 Å². The van der Waals surface area contributed by atoms with E-state index in [9.17, 15) is 14.0 Å². The molecule has 3 aliphatic rings. The van der Waals surface area contributed by atoms with Crippen LogP contribution < -0.4 is 0 Å². The summed E-state index contributed by atoms with van der Waals surface area (Å²) in [6.07, 6.45) is 0.943. The van der Waals surface area contributed by atoms with Gasteiger partial charge in [-0.3, -0.25) is 9.59 Å². The van der Waals surface area contributed by atoms with Gasteiger partial charge in [-0.1, -0.05) is 0 Å². The Hall–Kier alpha value is -1.39. The number of rotatable bonds is 1. The molecule has 2 aliphatic heterocycles. The van der Waals surface area contributed by atoms with Crippen LogP contribution in [0.5, 0.6) is 0 Å². The number of halogens is 1. The van der Waals surface area contributed by atoms with Gasteiger partial charge in [0.05, 0.1) is 13.0 Å². The maximum atomic E-state index is 13.2. The summed E-state index contributed by atoms with van der Waals surface area (Å²) < 4.78 is 22.5. The fraction of sp³-hybridized carbons (Fsp3) is 0.556. The molecule has 0 unspecified atom stereocenters. The average Bonchev–Trinajstić information content (AvgIpc) is 2.15. The van der Waals surface area contributed by atoms with Crippen LogP contribution in [0.25, 0.3) is 0 Å². The predicted molar refractivity (Wildman–Crippen MR) is 42.7 cm³/mol. The standard InChI is InChI=1S/C9H9FO4/c1-13-8(11)5-2-4-3-6(10)7(5)9(12)14-4/h3-5,7H,2H2,1H3/t4-,5+,7+/m1/s1. The van der Waals surface area contributed by atoms with Crippen molar-refractivity contribution < 1.29 is 23.5 Å². The molecule has 3 rings (SSSR count). The minimum atomic E-state index is -1.09. The molecule has 5 heteroatoms. The van der Waals surface area contributed by atoms with Gasteiger partial charge in [-0.2, -0.15) is 0 Å². The van der Waals surface area contributed by atoms with Gasteiger partial charge in [-0.25, -0.2) is 4.39 Å². The first kappa shape index (κ1) is 9.18. The normalized spacial score (nSPS) is 34.9. The van der Waals surface area contributed by atoms with Gasteiger partial charge in [-0.15, -0.1) is 0 Å². The summed E-state index contributed by atoms with van der Waals surface area (Å²) in [5.41, 5.74) is 0. The van der Waals surface area contributed by atoms with E-state index in [1.807, 2.05) is 0 Å². The van der Waals surface area contributed by atoms with Crippen molar-refractivity contribution >= 4 is 11.9 Å². The zero-order valence-electron chi connectivity index (χ0n) is 7.53. The highest BCUT2D eigenvalue weighted by molar-refractivity contribution is 5.86. The Balaban J connectivity index is 2.29. The summed E-state index contributed by atoms with van der Waals surface area (Å²) in [4.78, 5) is 22.4. The number of hydrogen-bond acceptors (Lipinski definition) is 4. The molecule has 0 radical (unpaired) electrons. The third-order valence-electron chi connectivity index (χ3n) is 2.56. The predicted octanol–water partition coefficient (Wildman–Crippen LogP) is 0.574. The van der Waals surface area contributed by atoms with Gasteiger partial charge in [0.1, 0.15) is 17.8 Å². The van der Waals surface area contributed by atoms with E-state index in [-0.39, 0.29) is 0 Å². The molecule has 3 atom stereocenters. The van der Waals surface area contributed by atoms with Gasteiger partial charge in [0.25, 0.3) is 0 Å². The maximum absolute atomic E-state index is 13.2. The second kappa shape index (κ2) is 3.08.